The summed E-state index contributed by atoms with van der Waals surface area (Å²) >= 11 is 0. The van der Waals surface area contributed by atoms with Crippen LogP contribution in [-0.4, -0.2) is 56.7 Å². The number of nitrogens with zero attached hydrogens (tertiary/aromatic N) is 2. The topological polar surface area (TPSA) is 48.9 Å². The highest BCUT2D eigenvalue weighted by molar-refractivity contribution is 14.0. The van der Waals surface area contributed by atoms with Crippen molar-refractivity contribution < 1.29 is 4.74 Å². The highest BCUT2D eigenvalue weighted by Crippen LogP contribution is 2.27. The first kappa shape index (κ1) is 20.3. The maximum atomic E-state index is 5.96. The van der Waals surface area contributed by atoms with E-state index in [1.165, 1.54) is 31.5 Å². The predicted molar refractivity (Wildman–Crippen MR) is 114 cm³/mol. The third kappa shape index (κ3) is 6.02. The Labute approximate surface area is 168 Å². The van der Waals surface area contributed by atoms with Crippen LogP contribution in [0.2, 0.25) is 0 Å². The van der Waals surface area contributed by atoms with Crippen molar-refractivity contribution in [2.75, 3.05) is 39.8 Å². The molecule has 1 aromatic carbocycles. The number of hydrogen-bond donors (Lipinski definition) is 2. The van der Waals surface area contributed by atoms with Gasteiger partial charge in [0.2, 0.25) is 0 Å². The van der Waals surface area contributed by atoms with E-state index in [1.807, 2.05) is 19.2 Å². The van der Waals surface area contributed by atoms with Crippen LogP contribution in [0.25, 0.3) is 0 Å². The number of ether oxygens (including phenoxy) is 1. The predicted octanol–water partition coefficient (Wildman–Crippen LogP) is 2.51. The number of fused-ring (bicyclic) bond motifs is 1. The fraction of sp³-hybridized carbons (Fsp3) is 0.632. The summed E-state index contributed by atoms with van der Waals surface area (Å²) in [4.78, 5) is 6.86. The molecule has 140 valence electrons. The summed E-state index contributed by atoms with van der Waals surface area (Å²) in [6.45, 7) is 7.58. The summed E-state index contributed by atoms with van der Waals surface area (Å²) in [6.07, 6.45) is 3.85. The monoisotopic (exact) mass is 458 g/mol. The zero-order valence-electron chi connectivity index (χ0n) is 15.3. The normalized spacial score (nSPS) is 23.4. The van der Waals surface area contributed by atoms with Crippen molar-refractivity contribution in [3.05, 3.63) is 29.8 Å². The Kier molecular flexibility index (Phi) is 8.29. The first-order valence-electron chi connectivity index (χ1n) is 9.16. The molecule has 2 aliphatic rings. The van der Waals surface area contributed by atoms with E-state index in [0.717, 1.165) is 43.7 Å². The third-order valence-corrected chi connectivity index (χ3v) is 4.90. The minimum atomic E-state index is 0. The summed E-state index contributed by atoms with van der Waals surface area (Å²) in [5.74, 6) is 2.71. The molecule has 0 amide bonds. The van der Waals surface area contributed by atoms with Gasteiger partial charge in [-0.25, -0.2) is 0 Å². The number of guanidine groups is 1. The van der Waals surface area contributed by atoms with Crippen LogP contribution < -0.4 is 15.4 Å². The van der Waals surface area contributed by atoms with Gasteiger partial charge in [-0.15, -0.1) is 24.0 Å². The quantitative estimate of drug-likeness (QED) is 0.405. The molecule has 2 heterocycles. The van der Waals surface area contributed by atoms with Crippen molar-refractivity contribution in [1.82, 2.24) is 15.5 Å². The van der Waals surface area contributed by atoms with E-state index in [2.05, 4.69) is 39.6 Å². The molecule has 1 aromatic rings. The summed E-state index contributed by atoms with van der Waals surface area (Å²) < 4.78 is 5.96. The fourth-order valence-corrected chi connectivity index (χ4v) is 3.62. The van der Waals surface area contributed by atoms with Crippen LogP contribution >= 0.6 is 24.0 Å². The Hall–Kier alpha value is -1.02. The number of benzene rings is 1. The van der Waals surface area contributed by atoms with Gasteiger partial charge in [0, 0.05) is 33.1 Å². The van der Waals surface area contributed by atoms with Gasteiger partial charge in [-0.05, 0) is 36.9 Å². The SMILES string of the molecule is CN=C(NCCN1CCCC(C)C1)NCC1Cc2ccccc2O1.I. The van der Waals surface area contributed by atoms with E-state index >= 15 is 0 Å². The van der Waals surface area contributed by atoms with E-state index in [9.17, 15) is 0 Å². The minimum Gasteiger partial charge on any atom is -0.488 e. The van der Waals surface area contributed by atoms with Crippen molar-refractivity contribution in [1.29, 1.82) is 0 Å². The number of para-hydroxylation sites is 1. The Morgan fingerprint density at radius 2 is 2.16 bits per heavy atom. The van der Waals surface area contributed by atoms with Crippen molar-refractivity contribution in [3.8, 4) is 5.75 Å². The van der Waals surface area contributed by atoms with Crippen LogP contribution in [0.15, 0.2) is 29.3 Å². The number of nitrogens with one attached hydrogen (secondary N) is 2. The van der Waals surface area contributed by atoms with Crippen molar-refractivity contribution in [2.45, 2.75) is 32.3 Å². The molecule has 25 heavy (non-hydrogen) atoms. The van der Waals surface area contributed by atoms with Crippen LogP contribution in [0, 0.1) is 5.92 Å². The average molecular weight is 458 g/mol. The van der Waals surface area contributed by atoms with Gasteiger partial charge >= 0.3 is 0 Å². The molecule has 0 bridgehead atoms. The number of halogens is 1. The van der Waals surface area contributed by atoms with Gasteiger partial charge in [-0.1, -0.05) is 25.1 Å². The van der Waals surface area contributed by atoms with E-state index in [0.29, 0.717) is 0 Å². The first-order chi connectivity index (χ1) is 11.7. The molecule has 0 aromatic heterocycles. The van der Waals surface area contributed by atoms with Crippen LogP contribution in [0.5, 0.6) is 5.75 Å². The minimum absolute atomic E-state index is 0. The lowest BCUT2D eigenvalue weighted by Gasteiger charge is -2.30. The van der Waals surface area contributed by atoms with Gasteiger partial charge in [0.15, 0.2) is 5.96 Å². The second-order valence-corrected chi connectivity index (χ2v) is 6.98. The van der Waals surface area contributed by atoms with Crippen LogP contribution in [0.1, 0.15) is 25.3 Å². The van der Waals surface area contributed by atoms with Gasteiger partial charge in [0.05, 0.1) is 6.54 Å². The number of aliphatic imine (C=N–C) groups is 1. The molecule has 2 N–H and O–H groups in total. The van der Waals surface area contributed by atoms with E-state index < -0.39 is 0 Å². The van der Waals surface area contributed by atoms with Crippen molar-refractivity contribution >= 4 is 29.9 Å². The van der Waals surface area contributed by atoms with E-state index in [1.54, 1.807) is 0 Å². The van der Waals surface area contributed by atoms with E-state index in [-0.39, 0.29) is 30.1 Å². The Bertz CT molecular complexity index is 541. The van der Waals surface area contributed by atoms with Crippen molar-refractivity contribution in [2.24, 2.45) is 10.9 Å². The third-order valence-electron chi connectivity index (χ3n) is 4.90. The number of rotatable bonds is 5. The fourth-order valence-electron chi connectivity index (χ4n) is 3.62. The molecule has 5 nitrogen and oxygen atoms in total. The molecule has 2 unspecified atom stereocenters. The maximum Gasteiger partial charge on any atom is 0.191 e. The smallest absolute Gasteiger partial charge is 0.191 e. The van der Waals surface area contributed by atoms with Crippen LogP contribution in [-0.2, 0) is 6.42 Å². The second kappa shape index (κ2) is 10.2. The maximum absolute atomic E-state index is 5.96. The molecule has 0 spiro atoms. The summed E-state index contributed by atoms with van der Waals surface area (Å²) in [5, 5.41) is 6.81. The zero-order chi connectivity index (χ0) is 16.8. The lowest BCUT2D eigenvalue weighted by atomic mass is 10.0. The molecular weight excluding hydrogens is 427 g/mol. The highest BCUT2D eigenvalue weighted by atomic mass is 127. The Balaban J connectivity index is 0.00000225. The van der Waals surface area contributed by atoms with Gasteiger partial charge < -0.3 is 20.3 Å². The Morgan fingerprint density at radius 1 is 1.32 bits per heavy atom. The molecule has 0 radical (unpaired) electrons. The first-order valence-corrected chi connectivity index (χ1v) is 9.16. The van der Waals surface area contributed by atoms with Gasteiger partial charge in [-0.2, -0.15) is 0 Å². The highest BCUT2D eigenvalue weighted by Gasteiger charge is 2.22. The van der Waals surface area contributed by atoms with Crippen molar-refractivity contribution in [3.63, 3.8) is 0 Å². The van der Waals surface area contributed by atoms with Gasteiger partial charge in [0.1, 0.15) is 11.9 Å². The van der Waals surface area contributed by atoms with Crippen LogP contribution in [0.3, 0.4) is 0 Å². The molecule has 0 saturated carbocycles. The second-order valence-electron chi connectivity index (χ2n) is 6.98. The molecule has 1 saturated heterocycles. The number of likely N-dealkylation sites (tertiary alicyclic amines) is 1. The largest absolute Gasteiger partial charge is 0.488 e. The summed E-state index contributed by atoms with van der Waals surface area (Å²) in [7, 11) is 1.82. The number of hydrogen-bond acceptors (Lipinski definition) is 3. The lowest BCUT2D eigenvalue weighted by Crippen LogP contribution is -2.45. The Morgan fingerprint density at radius 3 is 2.92 bits per heavy atom. The molecule has 2 aliphatic heterocycles. The average Bonchev–Trinajstić information content (AvgIpc) is 3.01. The van der Waals surface area contributed by atoms with Gasteiger partial charge in [-0.3, -0.25) is 4.99 Å². The molecule has 2 atom stereocenters. The molecule has 3 rings (SSSR count). The van der Waals surface area contributed by atoms with E-state index in [4.69, 9.17) is 4.74 Å². The molecular formula is C19H31IN4O. The standard InChI is InChI=1S/C19H30N4O.HI/c1-15-6-5-10-23(14-15)11-9-21-19(20-2)22-13-17-12-16-7-3-4-8-18(16)24-17;/h3-4,7-8,15,17H,5-6,9-14H2,1-2H3,(H2,20,21,22);1H. The molecule has 0 aliphatic carbocycles. The summed E-state index contributed by atoms with van der Waals surface area (Å²) in [5.41, 5.74) is 1.30. The molecule has 6 heteroatoms. The molecule has 1 fully saturated rings. The number of piperidine rings is 1. The summed E-state index contributed by atoms with van der Waals surface area (Å²) in [6, 6.07) is 8.28. The zero-order valence-corrected chi connectivity index (χ0v) is 17.7. The van der Waals surface area contributed by atoms with Crippen LogP contribution in [0.4, 0.5) is 0 Å². The van der Waals surface area contributed by atoms with Gasteiger partial charge in [0.25, 0.3) is 0 Å². The lowest BCUT2D eigenvalue weighted by molar-refractivity contribution is 0.186.